The van der Waals surface area contributed by atoms with E-state index in [0.717, 1.165) is 11.4 Å². The van der Waals surface area contributed by atoms with Gasteiger partial charge in [-0.25, -0.2) is 4.79 Å². The first-order chi connectivity index (χ1) is 15.0. The minimum Gasteiger partial charge on any atom is -0.487 e. The van der Waals surface area contributed by atoms with Crippen molar-refractivity contribution >= 4 is 17.6 Å². The van der Waals surface area contributed by atoms with Gasteiger partial charge in [-0.15, -0.1) is 0 Å². The molecule has 164 valence electrons. The lowest BCUT2D eigenvalue weighted by Gasteiger charge is -2.39. The second-order valence-electron chi connectivity index (χ2n) is 8.61. The van der Waals surface area contributed by atoms with E-state index in [9.17, 15) is 9.59 Å². The zero-order valence-electron chi connectivity index (χ0n) is 18.3. The molecule has 3 amide bonds. The fourth-order valence-corrected chi connectivity index (χ4v) is 4.37. The van der Waals surface area contributed by atoms with Crippen LogP contribution >= 0.6 is 0 Å². The van der Waals surface area contributed by atoms with Crippen molar-refractivity contribution in [2.45, 2.75) is 38.7 Å². The second kappa shape index (κ2) is 9.41. The van der Waals surface area contributed by atoms with Crippen molar-refractivity contribution in [3.8, 4) is 5.75 Å². The lowest BCUT2D eigenvalue weighted by Crippen LogP contribution is -2.52. The molecule has 0 bridgehead atoms. The zero-order valence-corrected chi connectivity index (χ0v) is 18.3. The van der Waals surface area contributed by atoms with Crippen molar-refractivity contribution in [3.63, 3.8) is 0 Å². The largest absolute Gasteiger partial charge is 0.487 e. The Bertz CT molecular complexity index is 909. The molecule has 0 aromatic heterocycles. The Labute approximate surface area is 184 Å². The average molecular weight is 422 g/mol. The van der Waals surface area contributed by atoms with Crippen LogP contribution in [-0.2, 0) is 4.79 Å². The topological polar surface area (TPSA) is 61.9 Å². The first kappa shape index (κ1) is 21.2. The predicted molar refractivity (Wildman–Crippen MR) is 121 cm³/mol. The number of para-hydroxylation sites is 2. The number of nitrogens with zero attached hydrogens (tertiary/aromatic N) is 2. The number of ether oxygens (including phenoxy) is 1. The van der Waals surface area contributed by atoms with Crippen LogP contribution in [0.3, 0.4) is 0 Å². The summed E-state index contributed by atoms with van der Waals surface area (Å²) in [6.45, 7) is 6.46. The average Bonchev–Trinajstić information content (AvgIpc) is 2.82. The van der Waals surface area contributed by atoms with Crippen molar-refractivity contribution in [1.82, 2.24) is 10.2 Å². The zero-order chi connectivity index (χ0) is 21.8. The lowest BCUT2D eigenvalue weighted by atomic mass is 9.95. The number of carbonyl (C=O) groups is 2. The van der Waals surface area contributed by atoms with Gasteiger partial charge >= 0.3 is 6.03 Å². The minimum atomic E-state index is -0.0474. The van der Waals surface area contributed by atoms with Gasteiger partial charge in [0.1, 0.15) is 11.9 Å². The van der Waals surface area contributed by atoms with Crippen LogP contribution in [0, 0.1) is 5.92 Å². The number of hydrogen-bond donors (Lipinski definition) is 1. The van der Waals surface area contributed by atoms with Crippen LogP contribution in [0.25, 0.3) is 0 Å². The summed E-state index contributed by atoms with van der Waals surface area (Å²) in [5.41, 5.74) is 2.05. The van der Waals surface area contributed by atoms with Crippen LogP contribution in [-0.4, -0.2) is 49.1 Å². The van der Waals surface area contributed by atoms with Gasteiger partial charge < -0.3 is 15.0 Å². The van der Waals surface area contributed by atoms with E-state index < -0.39 is 0 Å². The molecule has 0 spiro atoms. The summed E-state index contributed by atoms with van der Waals surface area (Å²) in [6, 6.07) is 17.9. The Kier molecular flexibility index (Phi) is 6.44. The predicted octanol–water partition coefficient (Wildman–Crippen LogP) is 4.03. The van der Waals surface area contributed by atoms with Gasteiger partial charge in [0.2, 0.25) is 5.91 Å². The molecule has 1 saturated heterocycles. The van der Waals surface area contributed by atoms with E-state index in [1.54, 1.807) is 0 Å². The van der Waals surface area contributed by atoms with Gasteiger partial charge in [-0.2, -0.15) is 0 Å². The van der Waals surface area contributed by atoms with Gasteiger partial charge in [0.15, 0.2) is 0 Å². The molecule has 6 heteroatoms. The van der Waals surface area contributed by atoms with E-state index in [4.69, 9.17) is 4.74 Å². The van der Waals surface area contributed by atoms with Gasteiger partial charge in [-0.3, -0.25) is 9.69 Å². The molecule has 2 aromatic rings. The van der Waals surface area contributed by atoms with Crippen LogP contribution in [0.4, 0.5) is 10.5 Å². The van der Waals surface area contributed by atoms with Crippen LogP contribution in [0.15, 0.2) is 54.6 Å². The summed E-state index contributed by atoms with van der Waals surface area (Å²) in [5.74, 6) is 1.08. The fraction of sp³-hybridized carbons (Fsp3) is 0.440. The molecule has 0 saturated carbocycles. The van der Waals surface area contributed by atoms with E-state index in [2.05, 4.69) is 24.4 Å². The molecule has 4 rings (SSSR count). The Balaban J connectivity index is 1.29. The summed E-state index contributed by atoms with van der Waals surface area (Å²) >= 11 is 0. The van der Waals surface area contributed by atoms with Gasteiger partial charge in [0, 0.05) is 25.6 Å². The molecule has 31 heavy (non-hydrogen) atoms. The van der Waals surface area contributed by atoms with Crippen molar-refractivity contribution in [3.05, 3.63) is 60.2 Å². The molecule has 2 heterocycles. The monoisotopic (exact) mass is 421 g/mol. The molecule has 1 fully saturated rings. The molecule has 0 aliphatic carbocycles. The Morgan fingerprint density at radius 1 is 1.06 bits per heavy atom. The third-order valence-electron chi connectivity index (χ3n) is 6.24. The van der Waals surface area contributed by atoms with Crippen molar-refractivity contribution in [2.75, 3.05) is 31.1 Å². The van der Waals surface area contributed by atoms with Crippen LogP contribution in [0.5, 0.6) is 5.75 Å². The van der Waals surface area contributed by atoms with E-state index in [0.29, 0.717) is 39.0 Å². The highest BCUT2D eigenvalue weighted by Gasteiger charge is 2.33. The maximum Gasteiger partial charge on any atom is 0.324 e. The number of anilines is 1. The van der Waals surface area contributed by atoms with Crippen molar-refractivity contribution < 1.29 is 14.3 Å². The molecular weight excluding hydrogens is 390 g/mol. The standard InChI is InChI=1S/C25H31N3O3/c1-18(20-8-4-3-5-9-20)16-26-24(29)21-12-14-27(15-13-21)25(30)28-17-19(2)31-23-11-7-6-10-22(23)28/h3-11,18-19,21H,12-17H2,1-2H3,(H,26,29). The van der Waals surface area contributed by atoms with Gasteiger partial charge in [-0.1, -0.05) is 49.4 Å². The fourth-order valence-electron chi connectivity index (χ4n) is 4.37. The number of fused-ring (bicyclic) bond motifs is 1. The second-order valence-corrected chi connectivity index (χ2v) is 8.61. The number of nitrogens with one attached hydrogen (secondary N) is 1. The SMILES string of the molecule is CC1CN(C(=O)N2CCC(C(=O)NCC(C)c3ccccc3)CC2)c2ccccc2O1. The number of benzene rings is 2. The molecular formula is C25H31N3O3. The van der Waals surface area contributed by atoms with Crippen molar-refractivity contribution in [2.24, 2.45) is 5.92 Å². The van der Waals surface area contributed by atoms with Gasteiger partial charge in [0.25, 0.3) is 0 Å². The van der Waals surface area contributed by atoms with E-state index in [1.807, 2.05) is 59.2 Å². The third-order valence-corrected chi connectivity index (χ3v) is 6.24. The maximum absolute atomic E-state index is 13.2. The number of rotatable bonds is 4. The van der Waals surface area contributed by atoms with E-state index >= 15 is 0 Å². The first-order valence-electron chi connectivity index (χ1n) is 11.2. The number of carbonyl (C=O) groups excluding carboxylic acids is 2. The van der Waals surface area contributed by atoms with Gasteiger partial charge in [-0.05, 0) is 43.4 Å². The maximum atomic E-state index is 13.2. The first-order valence-corrected chi connectivity index (χ1v) is 11.2. The Morgan fingerprint density at radius 2 is 1.74 bits per heavy atom. The molecule has 6 nitrogen and oxygen atoms in total. The summed E-state index contributed by atoms with van der Waals surface area (Å²) < 4.78 is 5.86. The normalized spacial score (nSPS) is 19.9. The Hall–Kier alpha value is -3.02. The summed E-state index contributed by atoms with van der Waals surface area (Å²) in [6.07, 6.45) is 1.34. The Morgan fingerprint density at radius 3 is 2.48 bits per heavy atom. The highest BCUT2D eigenvalue weighted by atomic mass is 16.5. The number of urea groups is 1. The van der Waals surface area contributed by atoms with Crippen LogP contribution in [0.2, 0.25) is 0 Å². The smallest absolute Gasteiger partial charge is 0.324 e. The molecule has 1 N–H and O–H groups in total. The minimum absolute atomic E-state index is 0.000780. The number of likely N-dealkylation sites (tertiary alicyclic amines) is 1. The molecule has 2 unspecified atom stereocenters. The quantitative estimate of drug-likeness (QED) is 0.811. The highest BCUT2D eigenvalue weighted by molar-refractivity contribution is 5.94. The van der Waals surface area contributed by atoms with Crippen LogP contribution < -0.4 is 15.0 Å². The van der Waals surface area contributed by atoms with Gasteiger partial charge in [0.05, 0.1) is 12.2 Å². The van der Waals surface area contributed by atoms with Crippen LogP contribution in [0.1, 0.15) is 38.2 Å². The molecule has 0 radical (unpaired) electrons. The lowest BCUT2D eigenvalue weighted by molar-refractivity contribution is -0.126. The number of hydrogen-bond acceptors (Lipinski definition) is 3. The molecule has 2 aromatic carbocycles. The molecule has 2 aliphatic rings. The van der Waals surface area contributed by atoms with Crippen molar-refractivity contribution in [1.29, 1.82) is 0 Å². The van der Waals surface area contributed by atoms with E-state index in [-0.39, 0.29) is 29.9 Å². The third kappa shape index (κ3) is 4.84. The summed E-state index contributed by atoms with van der Waals surface area (Å²) in [5, 5.41) is 3.11. The molecule has 2 atom stereocenters. The number of piperidine rings is 1. The summed E-state index contributed by atoms with van der Waals surface area (Å²) in [4.78, 5) is 29.6. The highest BCUT2D eigenvalue weighted by Crippen LogP contribution is 2.34. The summed E-state index contributed by atoms with van der Waals surface area (Å²) in [7, 11) is 0. The molecule has 2 aliphatic heterocycles. The van der Waals surface area contributed by atoms with E-state index in [1.165, 1.54) is 5.56 Å². The number of amides is 3.